The number of carbonyl (C=O) groups is 2. The van der Waals surface area contributed by atoms with Crippen LogP contribution in [0.15, 0.2) is 0 Å². The summed E-state index contributed by atoms with van der Waals surface area (Å²) in [5.41, 5.74) is -0.0760. The summed E-state index contributed by atoms with van der Waals surface area (Å²) in [5, 5.41) is 0. The summed E-state index contributed by atoms with van der Waals surface area (Å²) >= 11 is 0. The van der Waals surface area contributed by atoms with E-state index in [0.29, 0.717) is 5.92 Å². The Hall–Kier alpha value is -1.06. The minimum atomic E-state index is -0.222. The number of esters is 2. The fraction of sp³-hybridized carbons (Fsp3) is 0.895. The van der Waals surface area contributed by atoms with Gasteiger partial charge < -0.3 is 9.47 Å². The molecule has 1 aliphatic heterocycles. The van der Waals surface area contributed by atoms with Crippen LogP contribution < -0.4 is 0 Å². The van der Waals surface area contributed by atoms with Gasteiger partial charge in [0.15, 0.2) is 0 Å². The Kier molecular flexibility index (Phi) is 3.81. The Morgan fingerprint density at radius 1 is 1.22 bits per heavy atom. The van der Waals surface area contributed by atoms with Crippen molar-refractivity contribution in [3.8, 4) is 0 Å². The summed E-state index contributed by atoms with van der Waals surface area (Å²) < 4.78 is 11.4. The smallest absolute Gasteiger partial charge is 0.309 e. The van der Waals surface area contributed by atoms with Crippen molar-refractivity contribution in [2.24, 2.45) is 34.5 Å². The first kappa shape index (κ1) is 16.8. The standard InChI is InChI=1S/C19H30O4/c1-18(2,3)9-13(19(4,5)6)17(21)22-14-10-7-11-12(8-10)16(20)23-15(11)14/h10-15H,7-9H2,1-6H3. The molecule has 3 fully saturated rings. The average molecular weight is 322 g/mol. The van der Waals surface area contributed by atoms with Crippen LogP contribution >= 0.6 is 0 Å². The largest absolute Gasteiger partial charge is 0.458 e. The van der Waals surface area contributed by atoms with E-state index in [1.165, 1.54) is 0 Å². The first-order valence-corrected chi connectivity index (χ1v) is 8.88. The summed E-state index contributed by atoms with van der Waals surface area (Å²) in [6.45, 7) is 12.7. The molecule has 1 heterocycles. The topological polar surface area (TPSA) is 52.6 Å². The fourth-order valence-corrected chi connectivity index (χ4v) is 4.64. The van der Waals surface area contributed by atoms with Crippen LogP contribution in [-0.4, -0.2) is 24.1 Å². The first-order valence-electron chi connectivity index (χ1n) is 8.88. The van der Waals surface area contributed by atoms with E-state index >= 15 is 0 Å². The molecule has 0 aromatic carbocycles. The van der Waals surface area contributed by atoms with E-state index in [9.17, 15) is 9.59 Å². The van der Waals surface area contributed by atoms with Crippen molar-refractivity contribution in [3.05, 3.63) is 0 Å². The van der Waals surface area contributed by atoms with Gasteiger partial charge in [-0.3, -0.25) is 9.59 Å². The van der Waals surface area contributed by atoms with Crippen LogP contribution in [0.2, 0.25) is 0 Å². The maximum absolute atomic E-state index is 12.9. The lowest BCUT2D eigenvalue weighted by atomic mass is 9.72. The van der Waals surface area contributed by atoms with Crippen LogP contribution in [0.4, 0.5) is 0 Å². The molecule has 0 aromatic rings. The lowest BCUT2D eigenvalue weighted by Crippen LogP contribution is -2.41. The molecular formula is C19H30O4. The molecule has 0 radical (unpaired) electrons. The molecule has 0 N–H and O–H groups in total. The Morgan fingerprint density at radius 3 is 2.43 bits per heavy atom. The van der Waals surface area contributed by atoms with Gasteiger partial charge in [0.05, 0.1) is 11.8 Å². The normalized spacial score (nSPS) is 37.0. The molecule has 130 valence electrons. The predicted molar refractivity (Wildman–Crippen MR) is 86.5 cm³/mol. The fourth-order valence-electron chi connectivity index (χ4n) is 4.64. The Balaban J connectivity index is 1.72. The highest BCUT2D eigenvalue weighted by molar-refractivity contribution is 5.77. The maximum Gasteiger partial charge on any atom is 0.309 e. The van der Waals surface area contributed by atoms with Gasteiger partial charge in [0.25, 0.3) is 0 Å². The van der Waals surface area contributed by atoms with Crippen molar-refractivity contribution in [1.29, 1.82) is 0 Å². The summed E-state index contributed by atoms with van der Waals surface area (Å²) in [6.07, 6.45) is 2.18. The van der Waals surface area contributed by atoms with Gasteiger partial charge in [0, 0.05) is 11.8 Å². The Labute approximate surface area is 139 Å². The number of ether oxygens (including phenoxy) is 2. The summed E-state index contributed by atoms with van der Waals surface area (Å²) in [5.74, 6) is 0.303. The number of fused-ring (bicyclic) bond motifs is 1. The molecule has 2 saturated carbocycles. The van der Waals surface area contributed by atoms with Crippen LogP contribution in [0.5, 0.6) is 0 Å². The Morgan fingerprint density at radius 2 is 1.87 bits per heavy atom. The van der Waals surface area contributed by atoms with E-state index in [1.54, 1.807) is 0 Å². The van der Waals surface area contributed by atoms with Crippen molar-refractivity contribution in [1.82, 2.24) is 0 Å². The molecule has 1 saturated heterocycles. The molecule has 3 rings (SSSR count). The minimum Gasteiger partial charge on any atom is -0.458 e. The zero-order chi connectivity index (χ0) is 17.2. The zero-order valence-corrected chi connectivity index (χ0v) is 15.2. The number of hydrogen-bond acceptors (Lipinski definition) is 4. The highest BCUT2D eigenvalue weighted by atomic mass is 16.6. The molecule has 2 bridgehead atoms. The van der Waals surface area contributed by atoms with Crippen LogP contribution in [-0.2, 0) is 19.1 Å². The quantitative estimate of drug-likeness (QED) is 0.745. The second-order valence-electron chi connectivity index (χ2n) is 9.99. The molecule has 0 amide bonds. The lowest BCUT2D eigenvalue weighted by Gasteiger charge is -2.35. The average Bonchev–Trinajstić information content (AvgIpc) is 2.98. The monoisotopic (exact) mass is 322 g/mol. The number of rotatable bonds is 3. The minimum absolute atomic E-state index is 0.0629. The molecule has 6 atom stereocenters. The van der Waals surface area contributed by atoms with Gasteiger partial charge in [-0.2, -0.15) is 0 Å². The third kappa shape index (κ3) is 3.01. The van der Waals surface area contributed by atoms with Gasteiger partial charge >= 0.3 is 11.9 Å². The molecule has 3 aliphatic rings. The summed E-state index contributed by atoms with van der Waals surface area (Å²) in [6, 6.07) is 0. The number of carbonyl (C=O) groups excluding carboxylic acids is 2. The molecule has 4 heteroatoms. The highest BCUT2D eigenvalue weighted by Gasteiger charge is 2.63. The van der Waals surface area contributed by atoms with E-state index < -0.39 is 0 Å². The van der Waals surface area contributed by atoms with Crippen molar-refractivity contribution in [2.75, 3.05) is 0 Å². The van der Waals surface area contributed by atoms with Crippen molar-refractivity contribution < 1.29 is 19.1 Å². The van der Waals surface area contributed by atoms with Crippen LogP contribution in [0.1, 0.15) is 60.8 Å². The summed E-state index contributed by atoms with van der Waals surface area (Å²) in [4.78, 5) is 24.7. The second kappa shape index (κ2) is 5.22. The number of hydrogen-bond donors (Lipinski definition) is 0. The molecule has 2 aliphatic carbocycles. The SMILES string of the molecule is CC(C)(C)CC(C(=O)OC1C2CC3C(=O)OC1C3C2)C(C)(C)C. The Bertz CT molecular complexity index is 510. The lowest BCUT2D eigenvalue weighted by molar-refractivity contribution is -0.170. The molecular weight excluding hydrogens is 292 g/mol. The third-order valence-corrected chi connectivity index (χ3v) is 5.81. The van der Waals surface area contributed by atoms with Gasteiger partial charge in [-0.15, -0.1) is 0 Å². The third-order valence-electron chi connectivity index (χ3n) is 5.81. The highest BCUT2D eigenvalue weighted by Crippen LogP contribution is 2.55. The van der Waals surface area contributed by atoms with E-state index in [-0.39, 0.29) is 52.7 Å². The van der Waals surface area contributed by atoms with E-state index in [0.717, 1.165) is 19.3 Å². The van der Waals surface area contributed by atoms with E-state index in [2.05, 4.69) is 41.5 Å². The van der Waals surface area contributed by atoms with Crippen LogP contribution in [0.25, 0.3) is 0 Å². The molecule has 0 aromatic heterocycles. The van der Waals surface area contributed by atoms with Gasteiger partial charge in [0.1, 0.15) is 12.2 Å². The van der Waals surface area contributed by atoms with Gasteiger partial charge in [-0.25, -0.2) is 0 Å². The van der Waals surface area contributed by atoms with Crippen molar-refractivity contribution in [2.45, 2.75) is 73.0 Å². The summed E-state index contributed by atoms with van der Waals surface area (Å²) in [7, 11) is 0. The van der Waals surface area contributed by atoms with E-state index in [1.807, 2.05) is 0 Å². The second-order valence-corrected chi connectivity index (χ2v) is 9.99. The predicted octanol–water partition coefficient (Wildman–Crippen LogP) is 3.58. The van der Waals surface area contributed by atoms with Gasteiger partial charge in [-0.1, -0.05) is 41.5 Å². The molecule has 23 heavy (non-hydrogen) atoms. The van der Waals surface area contributed by atoms with Crippen LogP contribution in [0.3, 0.4) is 0 Å². The zero-order valence-electron chi connectivity index (χ0n) is 15.2. The maximum atomic E-state index is 12.9. The molecule has 6 unspecified atom stereocenters. The molecule has 4 nitrogen and oxygen atoms in total. The van der Waals surface area contributed by atoms with Crippen molar-refractivity contribution >= 4 is 11.9 Å². The van der Waals surface area contributed by atoms with Gasteiger partial charge in [-0.05, 0) is 30.1 Å². The van der Waals surface area contributed by atoms with Gasteiger partial charge in [0.2, 0.25) is 0 Å². The van der Waals surface area contributed by atoms with Crippen molar-refractivity contribution in [3.63, 3.8) is 0 Å². The molecule has 0 spiro atoms. The first-order chi connectivity index (χ1) is 10.5. The van der Waals surface area contributed by atoms with E-state index in [4.69, 9.17) is 9.47 Å². The van der Waals surface area contributed by atoms with Crippen LogP contribution in [0, 0.1) is 34.5 Å².